The van der Waals surface area contributed by atoms with Crippen LogP contribution in [0, 0.1) is 17.8 Å². The first-order valence-corrected chi connectivity index (χ1v) is 8.20. The second-order valence-electron chi connectivity index (χ2n) is 7.72. The van der Waals surface area contributed by atoms with Gasteiger partial charge in [0.25, 0.3) is 0 Å². The van der Waals surface area contributed by atoms with Gasteiger partial charge in [0.1, 0.15) is 0 Å². The molecule has 4 fully saturated rings. The summed E-state index contributed by atoms with van der Waals surface area (Å²) in [4.78, 5) is 0. The summed E-state index contributed by atoms with van der Waals surface area (Å²) < 4.78 is 0. The summed E-state index contributed by atoms with van der Waals surface area (Å²) >= 11 is 0. The summed E-state index contributed by atoms with van der Waals surface area (Å²) in [7, 11) is 0. The zero-order valence-electron chi connectivity index (χ0n) is 12.2. The summed E-state index contributed by atoms with van der Waals surface area (Å²) in [5, 5.41) is 12.1. The van der Waals surface area contributed by atoms with Gasteiger partial charge in [0, 0.05) is 10.9 Å². The van der Waals surface area contributed by atoms with Crippen molar-refractivity contribution in [2.75, 3.05) is 11.1 Å². The fourth-order valence-electron chi connectivity index (χ4n) is 5.67. The number of rotatable bonds is 2. The minimum Gasteiger partial charge on any atom is -0.397 e. The average molecular weight is 282 g/mol. The lowest BCUT2D eigenvalue weighted by Gasteiger charge is -2.57. The van der Waals surface area contributed by atoms with Gasteiger partial charge in [0.2, 0.25) is 0 Å². The third-order valence-corrected chi connectivity index (χ3v) is 6.05. The van der Waals surface area contributed by atoms with Crippen LogP contribution in [0.1, 0.15) is 38.5 Å². The van der Waals surface area contributed by atoms with Crippen molar-refractivity contribution in [2.45, 2.75) is 44.1 Å². The van der Waals surface area contributed by atoms with E-state index in [4.69, 9.17) is 5.73 Å². The lowest BCUT2D eigenvalue weighted by molar-refractivity contribution is 0.0107. The molecule has 0 aliphatic heterocycles. The van der Waals surface area contributed by atoms with Gasteiger partial charge < -0.3 is 11.1 Å². The molecule has 6 rings (SSSR count). The summed E-state index contributed by atoms with van der Waals surface area (Å²) in [5.41, 5.74) is 9.58. The molecule has 0 unspecified atom stereocenters. The molecule has 4 saturated carbocycles. The fraction of sp³-hybridized carbons (Fsp3) is 0.588. The first-order valence-electron chi connectivity index (χ1n) is 8.20. The van der Waals surface area contributed by atoms with Crippen LogP contribution in [0.25, 0.3) is 10.9 Å². The molecule has 4 heteroatoms. The standard InChI is InChI=1S/C17H22N4/c18-14-4-13-9-19-21-15(13)5-16(14)20-17-6-10-1-11(7-17)3-12(2-10)8-17/h4-5,9-12,20H,1-3,6-8,18H2,(H,19,21). The predicted octanol–water partition coefficient (Wildman–Crippen LogP) is 3.53. The number of hydrogen-bond acceptors (Lipinski definition) is 3. The van der Waals surface area contributed by atoms with Crippen LogP contribution in [0.5, 0.6) is 0 Å². The van der Waals surface area contributed by atoms with Crippen molar-refractivity contribution in [1.29, 1.82) is 0 Å². The highest BCUT2D eigenvalue weighted by molar-refractivity contribution is 5.88. The van der Waals surface area contributed by atoms with Crippen LogP contribution >= 0.6 is 0 Å². The molecule has 0 spiro atoms. The van der Waals surface area contributed by atoms with E-state index in [2.05, 4.69) is 21.6 Å². The molecule has 4 aliphatic carbocycles. The van der Waals surface area contributed by atoms with Gasteiger partial charge in [-0.25, -0.2) is 0 Å². The molecule has 2 aromatic rings. The van der Waals surface area contributed by atoms with Crippen molar-refractivity contribution in [2.24, 2.45) is 17.8 Å². The molecular weight excluding hydrogens is 260 g/mol. The van der Waals surface area contributed by atoms with E-state index in [9.17, 15) is 0 Å². The minimum absolute atomic E-state index is 0.302. The van der Waals surface area contributed by atoms with E-state index in [-0.39, 0.29) is 0 Å². The topological polar surface area (TPSA) is 66.7 Å². The number of nitrogens with two attached hydrogens (primary N) is 1. The molecule has 4 aliphatic rings. The predicted molar refractivity (Wildman–Crippen MR) is 85.0 cm³/mol. The highest BCUT2D eigenvalue weighted by Gasteiger charge is 2.51. The van der Waals surface area contributed by atoms with E-state index in [1.807, 2.05) is 12.3 Å². The molecular formula is C17H22N4. The Hall–Kier alpha value is -1.71. The van der Waals surface area contributed by atoms with E-state index in [1.54, 1.807) is 0 Å². The van der Waals surface area contributed by atoms with Gasteiger partial charge >= 0.3 is 0 Å². The van der Waals surface area contributed by atoms with Crippen LogP contribution in [0.15, 0.2) is 18.3 Å². The number of benzene rings is 1. The maximum Gasteiger partial charge on any atom is 0.0672 e. The van der Waals surface area contributed by atoms with E-state index in [1.165, 1.54) is 38.5 Å². The summed E-state index contributed by atoms with van der Waals surface area (Å²) in [5.74, 6) is 2.84. The van der Waals surface area contributed by atoms with Crippen LogP contribution in [0.3, 0.4) is 0 Å². The zero-order valence-corrected chi connectivity index (χ0v) is 12.2. The second kappa shape index (κ2) is 3.93. The van der Waals surface area contributed by atoms with Gasteiger partial charge in [0.05, 0.1) is 23.1 Å². The monoisotopic (exact) mass is 282 g/mol. The number of H-pyrrole nitrogens is 1. The number of nitrogen functional groups attached to an aromatic ring is 1. The molecule has 21 heavy (non-hydrogen) atoms. The van der Waals surface area contributed by atoms with E-state index in [0.29, 0.717) is 5.54 Å². The zero-order chi connectivity index (χ0) is 14.0. The average Bonchev–Trinajstić information content (AvgIpc) is 2.84. The summed E-state index contributed by atoms with van der Waals surface area (Å²) in [6.45, 7) is 0. The Balaban J connectivity index is 1.51. The smallest absolute Gasteiger partial charge is 0.0672 e. The molecule has 4 N–H and O–H groups in total. The Morgan fingerprint density at radius 1 is 1.10 bits per heavy atom. The summed E-state index contributed by atoms with van der Waals surface area (Å²) in [6, 6.07) is 4.16. The van der Waals surface area contributed by atoms with Gasteiger partial charge in [-0.3, -0.25) is 5.10 Å². The maximum absolute atomic E-state index is 6.27. The second-order valence-corrected chi connectivity index (χ2v) is 7.72. The van der Waals surface area contributed by atoms with Crippen LogP contribution in [0.2, 0.25) is 0 Å². The molecule has 4 bridgehead atoms. The van der Waals surface area contributed by atoms with E-state index < -0.39 is 0 Å². The molecule has 0 saturated heterocycles. The molecule has 0 atom stereocenters. The largest absolute Gasteiger partial charge is 0.397 e. The van der Waals surface area contributed by atoms with Crippen molar-refractivity contribution in [3.8, 4) is 0 Å². The highest BCUT2D eigenvalue weighted by Crippen LogP contribution is 2.56. The lowest BCUT2D eigenvalue weighted by atomic mass is 9.53. The van der Waals surface area contributed by atoms with Crippen molar-refractivity contribution >= 4 is 22.3 Å². The van der Waals surface area contributed by atoms with Gasteiger partial charge in [-0.05, 0) is 68.4 Å². The van der Waals surface area contributed by atoms with Crippen LogP contribution in [0.4, 0.5) is 11.4 Å². The Morgan fingerprint density at radius 3 is 2.43 bits per heavy atom. The van der Waals surface area contributed by atoms with Crippen LogP contribution in [-0.4, -0.2) is 15.7 Å². The molecule has 110 valence electrons. The first-order chi connectivity index (χ1) is 10.2. The molecule has 4 nitrogen and oxygen atoms in total. The lowest BCUT2D eigenvalue weighted by Crippen LogP contribution is -2.54. The molecule has 1 aromatic carbocycles. The highest BCUT2D eigenvalue weighted by atomic mass is 15.1. The van der Waals surface area contributed by atoms with Crippen LogP contribution in [-0.2, 0) is 0 Å². The number of nitrogens with zero attached hydrogens (tertiary/aromatic N) is 1. The maximum atomic E-state index is 6.27. The van der Waals surface area contributed by atoms with Gasteiger partial charge in [-0.15, -0.1) is 0 Å². The van der Waals surface area contributed by atoms with Crippen molar-refractivity contribution in [1.82, 2.24) is 10.2 Å². The number of aromatic nitrogens is 2. The quantitative estimate of drug-likeness (QED) is 0.738. The third-order valence-electron chi connectivity index (χ3n) is 6.05. The number of fused-ring (bicyclic) bond motifs is 1. The number of hydrogen-bond donors (Lipinski definition) is 3. The number of nitrogens with one attached hydrogen (secondary N) is 2. The van der Waals surface area contributed by atoms with Gasteiger partial charge in [0.15, 0.2) is 0 Å². The number of anilines is 2. The fourth-order valence-corrected chi connectivity index (χ4v) is 5.67. The summed E-state index contributed by atoms with van der Waals surface area (Å²) in [6.07, 6.45) is 10.2. The van der Waals surface area contributed by atoms with E-state index in [0.717, 1.165) is 40.0 Å². The Kier molecular flexibility index (Phi) is 2.23. The Morgan fingerprint density at radius 2 is 1.76 bits per heavy atom. The van der Waals surface area contributed by atoms with Crippen molar-refractivity contribution < 1.29 is 0 Å². The van der Waals surface area contributed by atoms with Crippen molar-refractivity contribution in [3.63, 3.8) is 0 Å². The Bertz CT molecular complexity index is 667. The van der Waals surface area contributed by atoms with Gasteiger partial charge in [-0.2, -0.15) is 5.10 Å². The minimum atomic E-state index is 0.302. The van der Waals surface area contributed by atoms with Crippen molar-refractivity contribution in [3.05, 3.63) is 18.3 Å². The SMILES string of the molecule is Nc1cc2cn[nH]c2cc1NC12CC3CC(CC(C3)C1)C2. The third kappa shape index (κ3) is 1.78. The number of aromatic amines is 1. The Labute approximate surface area is 124 Å². The molecule has 1 aromatic heterocycles. The van der Waals surface area contributed by atoms with Crippen LogP contribution < -0.4 is 11.1 Å². The first kappa shape index (κ1) is 11.9. The molecule has 0 radical (unpaired) electrons. The van der Waals surface area contributed by atoms with E-state index >= 15 is 0 Å². The normalized spacial score (nSPS) is 37.2. The molecule has 0 amide bonds. The molecule has 1 heterocycles. The van der Waals surface area contributed by atoms with Gasteiger partial charge in [-0.1, -0.05) is 0 Å².